The Balaban J connectivity index is 1.99. The fraction of sp³-hybridized carbons (Fsp3) is 0.111. The zero-order chi connectivity index (χ0) is 17.6. The summed E-state index contributed by atoms with van der Waals surface area (Å²) >= 11 is 1.30. The summed E-state index contributed by atoms with van der Waals surface area (Å²) in [4.78, 5) is 18.0. The number of thiophene rings is 1. The van der Waals surface area contributed by atoms with Crippen molar-refractivity contribution in [3.63, 3.8) is 0 Å². The number of hydrogen-bond donors (Lipinski definition) is 0. The van der Waals surface area contributed by atoms with E-state index in [1.807, 2.05) is 6.07 Å². The van der Waals surface area contributed by atoms with Gasteiger partial charge in [-0.2, -0.15) is 0 Å². The molecule has 4 rings (SSSR count). The highest BCUT2D eigenvalue weighted by Gasteiger charge is 2.15. The van der Waals surface area contributed by atoms with E-state index in [9.17, 15) is 9.18 Å². The zero-order valence-corrected chi connectivity index (χ0v) is 14.3. The maximum Gasteiger partial charge on any atom is 0.273 e. The van der Waals surface area contributed by atoms with E-state index in [4.69, 9.17) is 9.47 Å². The number of pyridine rings is 2. The molecule has 0 aliphatic carbocycles. The van der Waals surface area contributed by atoms with Crippen molar-refractivity contribution < 1.29 is 13.9 Å². The standard InChI is InChI=1S/C18H13FN2O3S/c1-23-13-4-3-10(9-12(13)19)21-8-6-11-15-14(24-2)5-7-20-17(15)25-16(11)18(21)22/h3-9H,1-2H3. The third-order valence-corrected chi connectivity index (χ3v) is 5.13. The minimum Gasteiger partial charge on any atom is -0.496 e. The first-order valence-electron chi connectivity index (χ1n) is 7.45. The molecule has 5 nitrogen and oxygen atoms in total. The van der Waals surface area contributed by atoms with Gasteiger partial charge in [0.2, 0.25) is 0 Å². The Labute approximate surface area is 145 Å². The van der Waals surface area contributed by atoms with Gasteiger partial charge < -0.3 is 9.47 Å². The van der Waals surface area contributed by atoms with Gasteiger partial charge in [-0.25, -0.2) is 9.37 Å². The van der Waals surface area contributed by atoms with Crippen LogP contribution in [0.2, 0.25) is 0 Å². The van der Waals surface area contributed by atoms with Gasteiger partial charge in [0.25, 0.3) is 5.56 Å². The Morgan fingerprint density at radius 3 is 2.64 bits per heavy atom. The Kier molecular flexibility index (Phi) is 3.65. The number of nitrogens with zero attached hydrogens (tertiary/aromatic N) is 2. The molecule has 0 radical (unpaired) electrons. The summed E-state index contributed by atoms with van der Waals surface area (Å²) in [6, 6.07) is 8.00. The molecule has 0 fully saturated rings. The Hall–Kier alpha value is -2.93. The van der Waals surface area contributed by atoms with E-state index in [0.717, 1.165) is 15.6 Å². The maximum atomic E-state index is 14.0. The summed E-state index contributed by atoms with van der Waals surface area (Å²) in [6.45, 7) is 0. The lowest BCUT2D eigenvalue weighted by molar-refractivity contribution is 0.386. The fourth-order valence-corrected chi connectivity index (χ4v) is 3.92. The second-order valence-corrected chi connectivity index (χ2v) is 6.35. The largest absolute Gasteiger partial charge is 0.496 e. The van der Waals surface area contributed by atoms with Crippen molar-refractivity contribution in [3.8, 4) is 17.2 Å². The van der Waals surface area contributed by atoms with Gasteiger partial charge in [0.05, 0.1) is 25.3 Å². The lowest BCUT2D eigenvalue weighted by Crippen LogP contribution is -2.16. The van der Waals surface area contributed by atoms with Gasteiger partial charge in [0.15, 0.2) is 11.6 Å². The van der Waals surface area contributed by atoms with Crippen LogP contribution in [-0.4, -0.2) is 23.8 Å². The normalized spacial score (nSPS) is 11.2. The van der Waals surface area contributed by atoms with Crippen LogP contribution in [0.1, 0.15) is 0 Å². The van der Waals surface area contributed by atoms with Gasteiger partial charge in [-0.3, -0.25) is 9.36 Å². The summed E-state index contributed by atoms with van der Waals surface area (Å²) in [5.41, 5.74) is 0.203. The molecule has 0 aliphatic heterocycles. The predicted octanol–water partition coefficient (Wildman–Crippen LogP) is 3.76. The first-order chi connectivity index (χ1) is 12.1. The molecule has 126 valence electrons. The second kappa shape index (κ2) is 5.86. The van der Waals surface area contributed by atoms with E-state index in [2.05, 4.69) is 4.98 Å². The van der Waals surface area contributed by atoms with Crippen LogP contribution in [0.5, 0.6) is 11.5 Å². The van der Waals surface area contributed by atoms with Gasteiger partial charge in [0, 0.05) is 23.8 Å². The van der Waals surface area contributed by atoms with Crippen LogP contribution < -0.4 is 15.0 Å². The molecule has 0 atom stereocenters. The zero-order valence-electron chi connectivity index (χ0n) is 13.4. The van der Waals surface area contributed by atoms with E-state index in [1.165, 1.54) is 35.1 Å². The molecule has 3 heterocycles. The van der Waals surface area contributed by atoms with Crippen LogP contribution in [0.15, 0.2) is 47.5 Å². The average Bonchev–Trinajstić information content (AvgIpc) is 3.02. The van der Waals surface area contributed by atoms with Gasteiger partial charge in [-0.15, -0.1) is 11.3 Å². The molecule has 0 spiro atoms. The van der Waals surface area contributed by atoms with E-state index in [-0.39, 0.29) is 11.3 Å². The molecule has 3 aromatic heterocycles. The first kappa shape index (κ1) is 15.6. The van der Waals surface area contributed by atoms with Crippen molar-refractivity contribution in [3.05, 3.63) is 58.9 Å². The van der Waals surface area contributed by atoms with Gasteiger partial charge in [-0.1, -0.05) is 0 Å². The number of rotatable bonds is 3. The number of fused-ring (bicyclic) bond motifs is 3. The molecular weight excluding hydrogens is 343 g/mol. The van der Waals surface area contributed by atoms with Crippen LogP contribution >= 0.6 is 11.3 Å². The highest BCUT2D eigenvalue weighted by molar-refractivity contribution is 7.25. The molecule has 0 bridgehead atoms. The quantitative estimate of drug-likeness (QED) is 0.561. The molecule has 0 amide bonds. The van der Waals surface area contributed by atoms with Crippen LogP contribution in [0, 0.1) is 5.82 Å². The summed E-state index contributed by atoms with van der Waals surface area (Å²) in [5, 5.41) is 1.59. The van der Waals surface area contributed by atoms with Crippen molar-refractivity contribution in [1.29, 1.82) is 0 Å². The number of methoxy groups -OCH3 is 2. The van der Waals surface area contributed by atoms with E-state index in [1.54, 1.807) is 31.6 Å². The smallest absolute Gasteiger partial charge is 0.273 e. The number of aromatic nitrogens is 2. The van der Waals surface area contributed by atoms with Crippen molar-refractivity contribution in [2.75, 3.05) is 14.2 Å². The summed E-state index contributed by atoms with van der Waals surface area (Å²) in [7, 11) is 2.98. The van der Waals surface area contributed by atoms with E-state index >= 15 is 0 Å². The third kappa shape index (κ3) is 2.35. The van der Waals surface area contributed by atoms with Crippen molar-refractivity contribution in [2.45, 2.75) is 0 Å². The van der Waals surface area contributed by atoms with Crippen molar-refractivity contribution in [2.24, 2.45) is 0 Å². The van der Waals surface area contributed by atoms with Gasteiger partial charge in [-0.05, 0) is 24.3 Å². The summed E-state index contributed by atoms with van der Waals surface area (Å²) in [6.07, 6.45) is 3.28. The topological polar surface area (TPSA) is 53.4 Å². The molecule has 7 heteroatoms. The van der Waals surface area contributed by atoms with Gasteiger partial charge in [0.1, 0.15) is 15.3 Å². The monoisotopic (exact) mass is 356 g/mol. The minimum absolute atomic E-state index is 0.133. The summed E-state index contributed by atoms with van der Waals surface area (Å²) < 4.78 is 26.2. The maximum absolute atomic E-state index is 14.0. The number of benzene rings is 1. The number of ether oxygens (including phenoxy) is 2. The van der Waals surface area contributed by atoms with E-state index < -0.39 is 5.82 Å². The Morgan fingerprint density at radius 1 is 1.12 bits per heavy atom. The lowest BCUT2D eigenvalue weighted by Gasteiger charge is -2.08. The Bertz CT molecular complexity index is 1170. The molecular formula is C18H13FN2O3S. The third-order valence-electron chi connectivity index (χ3n) is 4.03. The predicted molar refractivity (Wildman–Crippen MR) is 95.8 cm³/mol. The molecule has 0 N–H and O–H groups in total. The fourth-order valence-electron chi connectivity index (χ4n) is 2.84. The highest BCUT2D eigenvalue weighted by Crippen LogP contribution is 2.36. The van der Waals surface area contributed by atoms with E-state index in [0.29, 0.717) is 16.1 Å². The highest BCUT2D eigenvalue weighted by atomic mass is 32.1. The number of halogens is 1. The van der Waals surface area contributed by atoms with Crippen LogP contribution in [-0.2, 0) is 0 Å². The second-order valence-electron chi connectivity index (χ2n) is 5.35. The average molecular weight is 356 g/mol. The molecule has 0 aliphatic rings. The van der Waals surface area contributed by atoms with Crippen LogP contribution in [0.4, 0.5) is 4.39 Å². The Morgan fingerprint density at radius 2 is 1.92 bits per heavy atom. The first-order valence-corrected chi connectivity index (χ1v) is 8.26. The lowest BCUT2D eigenvalue weighted by atomic mass is 10.2. The molecule has 0 saturated carbocycles. The molecule has 25 heavy (non-hydrogen) atoms. The van der Waals surface area contributed by atoms with Crippen LogP contribution in [0.25, 0.3) is 26.0 Å². The van der Waals surface area contributed by atoms with Crippen molar-refractivity contribution in [1.82, 2.24) is 9.55 Å². The SMILES string of the molecule is COc1ccc(-n2ccc3c(sc4nccc(OC)c43)c2=O)cc1F. The minimum atomic E-state index is -0.522. The molecule has 0 saturated heterocycles. The molecule has 1 aromatic carbocycles. The number of hydrogen-bond acceptors (Lipinski definition) is 5. The van der Waals surface area contributed by atoms with Crippen LogP contribution in [0.3, 0.4) is 0 Å². The van der Waals surface area contributed by atoms with Crippen molar-refractivity contribution >= 4 is 31.6 Å². The molecule has 4 aromatic rings. The van der Waals surface area contributed by atoms with Gasteiger partial charge >= 0.3 is 0 Å². The molecule has 0 unspecified atom stereocenters. The summed E-state index contributed by atoms with van der Waals surface area (Å²) in [5.74, 6) is 0.282.